The molecule has 0 aliphatic carbocycles. The molecule has 2 rings (SSSR count). The molecular formula is C16H12Br3NO4. The Hall–Kier alpha value is -1.38. The van der Waals surface area contributed by atoms with E-state index in [-0.39, 0.29) is 13.2 Å². The molecule has 8 heteroatoms. The second-order valence-corrected chi connectivity index (χ2v) is 7.26. The van der Waals surface area contributed by atoms with Gasteiger partial charge in [-0.15, -0.1) is 0 Å². The van der Waals surface area contributed by atoms with Crippen LogP contribution in [0.25, 0.3) is 0 Å². The summed E-state index contributed by atoms with van der Waals surface area (Å²) in [5.41, 5.74) is 0.588. The summed E-state index contributed by atoms with van der Waals surface area (Å²) < 4.78 is 12.6. The monoisotopic (exact) mass is 519 g/mol. The summed E-state index contributed by atoms with van der Waals surface area (Å²) in [5.74, 6) is -0.517. The first kappa shape index (κ1) is 19.0. The fraction of sp³-hybridized carbons (Fsp3) is 0.125. The van der Waals surface area contributed by atoms with Gasteiger partial charge in [0.1, 0.15) is 5.75 Å². The molecule has 0 bridgehead atoms. The number of anilines is 1. The highest BCUT2D eigenvalue weighted by Gasteiger charge is 2.10. The number of carbonyl (C=O) groups is 2. The fourth-order valence-corrected chi connectivity index (χ4v) is 3.05. The van der Waals surface area contributed by atoms with Crippen molar-refractivity contribution >= 4 is 65.4 Å². The molecule has 24 heavy (non-hydrogen) atoms. The minimum absolute atomic E-state index is 0.267. The molecule has 0 aliphatic rings. The van der Waals surface area contributed by atoms with Crippen molar-refractivity contribution in [1.82, 2.24) is 0 Å². The molecule has 0 spiro atoms. The minimum atomic E-state index is -0.622. The second-order valence-electron chi connectivity index (χ2n) is 4.58. The SMILES string of the molecule is O=C(COC(=O)COc1ccc(Br)cc1)Nc1ccc(Br)cc1Br. The van der Waals surface area contributed by atoms with Crippen molar-refractivity contribution in [3.05, 3.63) is 55.9 Å². The zero-order valence-corrected chi connectivity index (χ0v) is 17.0. The highest BCUT2D eigenvalue weighted by atomic mass is 79.9. The van der Waals surface area contributed by atoms with E-state index < -0.39 is 11.9 Å². The Bertz CT molecular complexity index is 735. The lowest BCUT2D eigenvalue weighted by atomic mass is 10.3. The number of nitrogens with one attached hydrogen (secondary N) is 1. The number of hydrogen-bond acceptors (Lipinski definition) is 4. The van der Waals surface area contributed by atoms with Gasteiger partial charge < -0.3 is 14.8 Å². The van der Waals surface area contributed by atoms with Gasteiger partial charge >= 0.3 is 5.97 Å². The number of carbonyl (C=O) groups excluding carboxylic acids is 2. The molecule has 0 aliphatic heterocycles. The van der Waals surface area contributed by atoms with Gasteiger partial charge in [0.25, 0.3) is 5.91 Å². The second kappa shape index (κ2) is 9.19. The summed E-state index contributed by atoms with van der Waals surface area (Å²) in [5, 5.41) is 2.64. The summed E-state index contributed by atoms with van der Waals surface area (Å²) in [7, 11) is 0. The van der Waals surface area contributed by atoms with E-state index in [9.17, 15) is 9.59 Å². The lowest BCUT2D eigenvalue weighted by Crippen LogP contribution is -2.23. The van der Waals surface area contributed by atoms with Gasteiger partial charge in [0.05, 0.1) is 5.69 Å². The molecular weight excluding hydrogens is 510 g/mol. The van der Waals surface area contributed by atoms with E-state index in [4.69, 9.17) is 9.47 Å². The number of esters is 1. The third kappa shape index (κ3) is 6.26. The Morgan fingerprint density at radius 3 is 2.25 bits per heavy atom. The third-order valence-electron chi connectivity index (χ3n) is 2.74. The lowest BCUT2D eigenvalue weighted by Gasteiger charge is -2.09. The fourth-order valence-electron chi connectivity index (χ4n) is 1.64. The first-order valence-electron chi connectivity index (χ1n) is 6.73. The van der Waals surface area contributed by atoms with Crippen LogP contribution >= 0.6 is 47.8 Å². The quantitative estimate of drug-likeness (QED) is 0.567. The summed E-state index contributed by atoms with van der Waals surface area (Å²) in [6, 6.07) is 12.3. The van der Waals surface area contributed by atoms with Crippen molar-refractivity contribution < 1.29 is 19.1 Å². The lowest BCUT2D eigenvalue weighted by molar-refractivity contribution is -0.149. The van der Waals surface area contributed by atoms with Gasteiger partial charge in [-0.3, -0.25) is 4.79 Å². The van der Waals surface area contributed by atoms with Gasteiger partial charge in [0.2, 0.25) is 0 Å². The molecule has 0 atom stereocenters. The van der Waals surface area contributed by atoms with Crippen LogP contribution in [0, 0.1) is 0 Å². The predicted octanol–water partition coefficient (Wildman–Crippen LogP) is 4.53. The Morgan fingerprint density at radius 2 is 1.58 bits per heavy atom. The van der Waals surface area contributed by atoms with E-state index in [0.717, 1.165) is 13.4 Å². The zero-order chi connectivity index (χ0) is 17.5. The smallest absolute Gasteiger partial charge is 0.344 e. The Balaban J connectivity index is 1.74. The van der Waals surface area contributed by atoms with Crippen molar-refractivity contribution in [2.75, 3.05) is 18.5 Å². The van der Waals surface area contributed by atoms with Crippen molar-refractivity contribution in [2.24, 2.45) is 0 Å². The first-order chi connectivity index (χ1) is 11.4. The summed E-state index contributed by atoms with van der Waals surface area (Å²) >= 11 is 9.96. The highest BCUT2D eigenvalue weighted by molar-refractivity contribution is 9.11. The number of halogens is 3. The van der Waals surface area contributed by atoms with E-state index in [2.05, 4.69) is 53.1 Å². The Morgan fingerprint density at radius 1 is 0.917 bits per heavy atom. The van der Waals surface area contributed by atoms with E-state index in [0.29, 0.717) is 11.4 Å². The van der Waals surface area contributed by atoms with Crippen molar-refractivity contribution in [3.63, 3.8) is 0 Å². The number of rotatable bonds is 6. The van der Waals surface area contributed by atoms with Gasteiger partial charge in [0.15, 0.2) is 13.2 Å². The van der Waals surface area contributed by atoms with Gasteiger partial charge in [-0.25, -0.2) is 4.79 Å². The Labute approximate surface area is 164 Å². The zero-order valence-electron chi connectivity index (χ0n) is 12.2. The van der Waals surface area contributed by atoms with Crippen LogP contribution in [0.3, 0.4) is 0 Å². The van der Waals surface area contributed by atoms with Crippen LogP contribution in [0.5, 0.6) is 5.75 Å². The Kier molecular flexibility index (Phi) is 7.26. The normalized spacial score (nSPS) is 10.1. The molecule has 0 saturated carbocycles. The molecule has 0 unspecified atom stereocenters. The number of amides is 1. The van der Waals surface area contributed by atoms with E-state index >= 15 is 0 Å². The van der Waals surface area contributed by atoms with Gasteiger partial charge in [-0.2, -0.15) is 0 Å². The van der Waals surface area contributed by atoms with Crippen molar-refractivity contribution in [3.8, 4) is 5.75 Å². The van der Waals surface area contributed by atoms with E-state index in [1.54, 1.807) is 42.5 Å². The molecule has 1 N–H and O–H groups in total. The van der Waals surface area contributed by atoms with Crippen LogP contribution in [-0.2, 0) is 14.3 Å². The molecule has 0 aromatic heterocycles. The van der Waals surface area contributed by atoms with Gasteiger partial charge in [-0.1, -0.05) is 31.9 Å². The predicted molar refractivity (Wildman–Crippen MR) is 101 cm³/mol. The maximum Gasteiger partial charge on any atom is 0.344 e. The molecule has 0 heterocycles. The number of benzene rings is 2. The van der Waals surface area contributed by atoms with Gasteiger partial charge in [0, 0.05) is 13.4 Å². The van der Waals surface area contributed by atoms with Crippen LogP contribution in [-0.4, -0.2) is 25.1 Å². The number of ether oxygens (including phenoxy) is 2. The number of hydrogen-bond donors (Lipinski definition) is 1. The van der Waals surface area contributed by atoms with E-state index in [1.807, 2.05) is 0 Å². The maximum absolute atomic E-state index is 11.8. The molecule has 5 nitrogen and oxygen atoms in total. The summed E-state index contributed by atoms with van der Waals surface area (Å²) in [6.07, 6.45) is 0. The van der Waals surface area contributed by atoms with Crippen LogP contribution < -0.4 is 10.1 Å². The minimum Gasteiger partial charge on any atom is -0.482 e. The van der Waals surface area contributed by atoms with Crippen molar-refractivity contribution in [2.45, 2.75) is 0 Å². The summed E-state index contributed by atoms with van der Waals surface area (Å²) in [6.45, 7) is -0.651. The average Bonchev–Trinajstić information content (AvgIpc) is 2.55. The van der Waals surface area contributed by atoms with Gasteiger partial charge in [-0.05, 0) is 58.4 Å². The molecule has 2 aromatic carbocycles. The molecule has 0 fully saturated rings. The first-order valence-corrected chi connectivity index (χ1v) is 9.11. The third-order valence-corrected chi connectivity index (χ3v) is 4.42. The topological polar surface area (TPSA) is 64.6 Å². The molecule has 2 aromatic rings. The highest BCUT2D eigenvalue weighted by Crippen LogP contribution is 2.26. The molecule has 0 radical (unpaired) electrons. The van der Waals surface area contributed by atoms with Crippen LogP contribution in [0.4, 0.5) is 5.69 Å². The molecule has 126 valence electrons. The van der Waals surface area contributed by atoms with E-state index in [1.165, 1.54) is 0 Å². The molecule has 0 saturated heterocycles. The standard InChI is InChI=1S/C16H12Br3NO4/c17-10-1-4-12(5-2-10)23-9-16(22)24-8-15(21)20-14-6-3-11(18)7-13(14)19/h1-7H,8-9H2,(H,20,21). The summed E-state index contributed by atoms with van der Waals surface area (Å²) in [4.78, 5) is 23.4. The van der Waals surface area contributed by atoms with Crippen LogP contribution in [0.15, 0.2) is 55.9 Å². The maximum atomic E-state index is 11.8. The largest absolute Gasteiger partial charge is 0.482 e. The average molecular weight is 522 g/mol. The van der Waals surface area contributed by atoms with Crippen LogP contribution in [0.2, 0.25) is 0 Å². The van der Waals surface area contributed by atoms with Crippen LogP contribution in [0.1, 0.15) is 0 Å². The van der Waals surface area contributed by atoms with Crippen molar-refractivity contribution in [1.29, 1.82) is 0 Å². The molecule has 1 amide bonds.